The Morgan fingerprint density at radius 1 is 1.00 bits per heavy atom. The molecule has 1 saturated heterocycles. The second kappa shape index (κ2) is 8.23. The molecule has 0 N–H and O–H groups in total. The highest BCUT2D eigenvalue weighted by Crippen LogP contribution is 2.25. The molecule has 0 radical (unpaired) electrons. The van der Waals surface area contributed by atoms with Crippen LogP contribution in [-0.4, -0.2) is 56.1 Å². The van der Waals surface area contributed by atoms with Crippen LogP contribution in [0.3, 0.4) is 0 Å². The van der Waals surface area contributed by atoms with Gasteiger partial charge in [-0.15, -0.1) is 0 Å². The standard InChI is InChI=1S/C21H26N2O3/c1-16-5-4-6-17(13-16)15-22-9-11-23(12-10-22)21(24)19-14-18(25-2)7-8-20(19)26-3/h4-8,13-14H,9-12,15H2,1-3H3. The molecule has 0 unspecified atom stereocenters. The number of hydrogen-bond acceptors (Lipinski definition) is 4. The van der Waals surface area contributed by atoms with Crippen LogP contribution in [0.4, 0.5) is 0 Å². The van der Waals surface area contributed by atoms with Crippen LogP contribution in [-0.2, 0) is 6.54 Å². The number of rotatable bonds is 5. The van der Waals surface area contributed by atoms with E-state index in [1.807, 2.05) is 4.90 Å². The lowest BCUT2D eigenvalue weighted by molar-refractivity contribution is 0.0625. The number of benzene rings is 2. The molecule has 26 heavy (non-hydrogen) atoms. The molecule has 0 aromatic heterocycles. The summed E-state index contributed by atoms with van der Waals surface area (Å²) >= 11 is 0. The summed E-state index contributed by atoms with van der Waals surface area (Å²) < 4.78 is 10.6. The van der Waals surface area contributed by atoms with E-state index in [9.17, 15) is 4.79 Å². The van der Waals surface area contributed by atoms with Crippen LogP contribution < -0.4 is 9.47 Å². The lowest BCUT2D eigenvalue weighted by Gasteiger charge is -2.35. The van der Waals surface area contributed by atoms with Gasteiger partial charge in [-0.3, -0.25) is 9.69 Å². The fraction of sp³-hybridized carbons (Fsp3) is 0.381. The lowest BCUT2D eigenvalue weighted by atomic mass is 10.1. The molecular weight excluding hydrogens is 328 g/mol. The van der Waals surface area contributed by atoms with E-state index in [0.717, 1.165) is 19.6 Å². The van der Waals surface area contributed by atoms with Crippen molar-refractivity contribution in [3.05, 3.63) is 59.2 Å². The summed E-state index contributed by atoms with van der Waals surface area (Å²) in [5.74, 6) is 1.24. The van der Waals surface area contributed by atoms with Gasteiger partial charge in [0, 0.05) is 32.7 Å². The molecule has 5 nitrogen and oxygen atoms in total. The van der Waals surface area contributed by atoms with Crippen molar-refractivity contribution >= 4 is 5.91 Å². The normalized spacial score (nSPS) is 15.0. The van der Waals surface area contributed by atoms with Crippen LogP contribution in [0.2, 0.25) is 0 Å². The molecule has 3 rings (SSSR count). The Bertz CT molecular complexity index is 768. The van der Waals surface area contributed by atoms with Crippen molar-refractivity contribution in [3.8, 4) is 11.5 Å². The number of piperazine rings is 1. The minimum Gasteiger partial charge on any atom is -0.497 e. The van der Waals surface area contributed by atoms with Gasteiger partial charge in [-0.05, 0) is 30.7 Å². The molecule has 1 amide bonds. The Kier molecular flexibility index (Phi) is 5.78. The molecule has 0 saturated carbocycles. The molecule has 0 spiro atoms. The number of ether oxygens (including phenoxy) is 2. The number of nitrogens with zero attached hydrogens (tertiary/aromatic N) is 2. The van der Waals surface area contributed by atoms with Crippen LogP contribution in [0.25, 0.3) is 0 Å². The zero-order valence-electron chi connectivity index (χ0n) is 15.7. The van der Waals surface area contributed by atoms with Gasteiger partial charge in [0.1, 0.15) is 11.5 Å². The zero-order valence-corrected chi connectivity index (χ0v) is 15.7. The van der Waals surface area contributed by atoms with Crippen LogP contribution in [0, 0.1) is 6.92 Å². The lowest BCUT2D eigenvalue weighted by Crippen LogP contribution is -2.48. The highest BCUT2D eigenvalue weighted by molar-refractivity contribution is 5.97. The summed E-state index contributed by atoms with van der Waals surface area (Å²) in [6, 6.07) is 13.9. The molecule has 2 aromatic carbocycles. The van der Waals surface area contributed by atoms with Crippen LogP contribution in [0.5, 0.6) is 11.5 Å². The van der Waals surface area contributed by atoms with Crippen LogP contribution >= 0.6 is 0 Å². The number of carbonyl (C=O) groups excluding carboxylic acids is 1. The van der Waals surface area contributed by atoms with E-state index < -0.39 is 0 Å². The second-order valence-electron chi connectivity index (χ2n) is 6.62. The molecular formula is C21H26N2O3. The first-order valence-corrected chi connectivity index (χ1v) is 8.90. The van der Waals surface area contributed by atoms with Crippen molar-refractivity contribution in [3.63, 3.8) is 0 Å². The number of carbonyl (C=O) groups is 1. The summed E-state index contributed by atoms with van der Waals surface area (Å²) in [4.78, 5) is 17.2. The Morgan fingerprint density at radius 3 is 2.42 bits per heavy atom. The second-order valence-corrected chi connectivity index (χ2v) is 6.62. The van der Waals surface area contributed by atoms with Crippen molar-refractivity contribution in [2.45, 2.75) is 13.5 Å². The van der Waals surface area contributed by atoms with Gasteiger partial charge in [-0.1, -0.05) is 29.8 Å². The van der Waals surface area contributed by atoms with E-state index in [0.29, 0.717) is 30.2 Å². The SMILES string of the molecule is COc1ccc(OC)c(C(=O)N2CCN(Cc3cccc(C)c3)CC2)c1. The largest absolute Gasteiger partial charge is 0.497 e. The maximum Gasteiger partial charge on any atom is 0.257 e. The Hall–Kier alpha value is -2.53. The maximum absolute atomic E-state index is 12.9. The van der Waals surface area contributed by atoms with Crippen LogP contribution in [0.1, 0.15) is 21.5 Å². The number of aryl methyl sites for hydroxylation is 1. The highest BCUT2D eigenvalue weighted by Gasteiger charge is 2.24. The fourth-order valence-electron chi connectivity index (χ4n) is 3.33. The summed E-state index contributed by atoms with van der Waals surface area (Å²) in [6.07, 6.45) is 0. The van der Waals surface area contributed by atoms with Gasteiger partial charge in [0.2, 0.25) is 0 Å². The summed E-state index contributed by atoms with van der Waals surface area (Å²) in [5.41, 5.74) is 3.15. The predicted octanol–water partition coefficient (Wildman–Crippen LogP) is 2.97. The van der Waals surface area contributed by atoms with E-state index in [-0.39, 0.29) is 5.91 Å². The van der Waals surface area contributed by atoms with Gasteiger partial charge in [0.25, 0.3) is 5.91 Å². The minimum atomic E-state index is -0.00374. The minimum absolute atomic E-state index is 0.00374. The fourth-order valence-corrected chi connectivity index (χ4v) is 3.33. The quantitative estimate of drug-likeness (QED) is 0.828. The maximum atomic E-state index is 12.9. The average Bonchev–Trinajstić information content (AvgIpc) is 2.67. The molecule has 1 aliphatic heterocycles. The van der Waals surface area contributed by atoms with Crippen molar-refractivity contribution < 1.29 is 14.3 Å². The third-order valence-corrected chi connectivity index (χ3v) is 4.79. The van der Waals surface area contributed by atoms with E-state index in [2.05, 4.69) is 36.1 Å². The summed E-state index contributed by atoms with van der Waals surface area (Å²) in [5, 5.41) is 0. The third-order valence-electron chi connectivity index (χ3n) is 4.79. The van der Waals surface area contributed by atoms with Gasteiger partial charge < -0.3 is 14.4 Å². The summed E-state index contributed by atoms with van der Waals surface area (Å²) in [7, 11) is 3.18. The van der Waals surface area contributed by atoms with E-state index >= 15 is 0 Å². The average molecular weight is 354 g/mol. The third kappa shape index (κ3) is 4.17. The van der Waals surface area contributed by atoms with E-state index in [1.54, 1.807) is 32.4 Å². The van der Waals surface area contributed by atoms with Crippen molar-refractivity contribution in [2.75, 3.05) is 40.4 Å². The van der Waals surface area contributed by atoms with Gasteiger partial charge >= 0.3 is 0 Å². The monoisotopic (exact) mass is 354 g/mol. The van der Waals surface area contributed by atoms with Gasteiger partial charge in [-0.25, -0.2) is 0 Å². The zero-order chi connectivity index (χ0) is 18.5. The smallest absolute Gasteiger partial charge is 0.257 e. The van der Waals surface area contributed by atoms with E-state index in [1.165, 1.54) is 11.1 Å². The molecule has 1 aliphatic rings. The first-order chi connectivity index (χ1) is 12.6. The first-order valence-electron chi connectivity index (χ1n) is 8.90. The predicted molar refractivity (Wildman–Crippen MR) is 102 cm³/mol. The molecule has 2 aromatic rings. The van der Waals surface area contributed by atoms with Crippen LogP contribution in [0.15, 0.2) is 42.5 Å². The molecule has 0 aliphatic carbocycles. The van der Waals surface area contributed by atoms with E-state index in [4.69, 9.17) is 9.47 Å². The molecule has 0 atom stereocenters. The van der Waals surface area contributed by atoms with Crippen molar-refractivity contribution in [1.29, 1.82) is 0 Å². The Balaban J connectivity index is 1.63. The van der Waals surface area contributed by atoms with Crippen molar-refractivity contribution in [2.24, 2.45) is 0 Å². The Morgan fingerprint density at radius 2 is 1.77 bits per heavy atom. The Labute approximate surface area is 155 Å². The molecule has 5 heteroatoms. The highest BCUT2D eigenvalue weighted by atomic mass is 16.5. The molecule has 0 bridgehead atoms. The van der Waals surface area contributed by atoms with Gasteiger partial charge in [0.15, 0.2) is 0 Å². The number of amides is 1. The molecule has 1 fully saturated rings. The first kappa shape index (κ1) is 18.3. The number of hydrogen-bond donors (Lipinski definition) is 0. The molecule has 1 heterocycles. The topological polar surface area (TPSA) is 42.0 Å². The van der Waals surface area contributed by atoms with Gasteiger partial charge in [0.05, 0.1) is 19.8 Å². The van der Waals surface area contributed by atoms with Crippen molar-refractivity contribution in [1.82, 2.24) is 9.80 Å². The number of methoxy groups -OCH3 is 2. The molecule has 138 valence electrons. The summed E-state index contributed by atoms with van der Waals surface area (Å²) in [6.45, 7) is 6.20. The van der Waals surface area contributed by atoms with Gasteiger partial charge in [-0.2, -0.15) is 0 Å².